The molecule has 0 atom stereocenters. The predicted molar refractivity (Wildman–Crippen MR) is 79.1 cm³/mol. The SMILES string of the molecule is CC(C)n1nc(-c2cncc(OC(F)F)c2)c2c1CCCC2. The van der Waals surface area contributed by atoms with Gasteiger partial charge >= 0.3 is 6.61 Å². The van der Waals surface area contributed by atoms with Crippen molar-refractivity contribution in [2.75, 3.05) is 0 Å². The lowest BCUT2D eigenvalue weighted by atomic mass is 9.94. The van der Waals surface area contributed by atoms with E-state index in [1.807, 2.05) is 4.68 Å². The first kappa shape index (κ1) is 14.9. The van der Waals surface area contributed by atoms with Crippen LogP contribution in [0.5, 0.6) is 5.75 Å². The summed E-state index contributed by atoms with van der Waals surface area (Å²) in [5.74, 6) is 0.0659. The molecule has 22 heavy (non-hydrogen) atoms. The van der Waals surface area contributed by atoms with Gasteiger partial charge in [-0.2, -0.15) is 13.9 Å². The van der Waals surface area contributed by atoms with Crippen LogP contribution in [0.1, 0.15) is 44.0 Å². The molecule has 1 aliphatic carbocycles. The van der Waals surface area contributed by atoms with Crippen LogP contribution in [0.3, 0.4) is 0 Å². The van der Waals surface area contributed by atoms with E-state index in [9.17, 15) is 8.78 Å². The van der Waals surface area contributed by atoms with Crippen molar-refractivity contribution < 1.29 is 13.5 Å². The zero-order valence-electron chi connectivity index (χ0n) is 12.7. The number of halogens is 2. The molecule has 0 amide bonds. The molecule has 0 spiro atoms. The normalized spacial score (nSPS) is 14.5. The monoisotopic (exact) mass is 307 g/mol. The van der Waals surface area contributed by atoms with E-state index in [1.165, 1.54) is 17.5 Å². The summed E-state index contributed by atoms with van der Waals surface area (Å²) in [5.41, 5.74) is 4.05. The number of rotatable bonds is 4. The largest absolute Gasteiger partial charge is 0.433 e. The fourth-order valence-electron chi connectivity index (χ4n) is 3.00. The fourth-order valence-corrected chi connectivity index (χ4v) is 3.00. The van der Waals surface area contributed by atoms with Crippen molar-refractivity contribution in [1.82, 2.24) is 14.8 Å². The van der Waals surface area contributed by atoms with Crippen molar-refractivity contribution in [2.45, 2.75) is 52.2 Å². The van der Waals surface area contributed by atoms with Gasteiger partial charge in [0.1, 0.15) is 5.75 Å². The van der Waals surface area contributed by atoms with Crippen molar-refractivity contribution in [1.29, 1.82) is 0 Å². The molecular formula is C16H19F2N3O. The molecule has 0 aliphatic heterocycles. The molecule has 1 aliphatic rings. The van der Waals surface area contributed by atoms with Crippen molar-refractivity contribution >= 4 is 0 Å². The van der Waals surface area contributed by atoms with Gasteiger partial charge in [0.25, 0.3) is 0 Å². The number of pyridine rings is 1. The van der Waals surface area contributed by atoms with Gasteiger partial charge in [0.2, 0.25) is 0 Å². The number of fused-ring (bicyclic) bond motifs is 1. The van der Waals surface area contributed by atoms with E-state index in [1.54, 1.807) is 12.3 Å². The van der Waals surface area contributed by atoms with Crippen molar-refractivity contribution in [2.24, 2.45) is 0 Å². The zero-order valence-corrected chi connectivity index (χ0v) is 12.7. The summed E-state index contributed by atoms with van der Waals surface area (Å²) >= 11 is 0. The molecule has 0 saturated heterocycles. The van der Waals surface area contributed by atoms with Gasteiger partial charge in [-0.1, -0.05) is 0 Å². The molecule has 0 saturated carbocycles. The minimum Gasteiger partial charge on any atom is -0.433 e. The number of hydrogen-bond acceptors (Lipinski definition) is 3. The van der Waals surface area contributed by atoms with E-state index in [-0.39, 0.29) is 11.8 Å². The van der Waals surface area contributed by atoms with Gasteiger partial charge in [-0.05, 0) is 45.6 Å². The Hall–Kier alpha value is -1.98. The van der Waals surface area contributed by atoms with Crippen LogP contribution in [0.4, 0.5) is 8.78 Å². The Morgan fingerprint density at radius 2 is 1.95 bits per heavy atom. The molecule has 6 heteroatoms. The lowest BCUT2D eigenvalue weighted by molar-refractivity contribution is -0.0500. The second-order valence-corrected chi connectivity index (χ2v) is 5.81. The van der Waals surface area contributed by atoms with Crippen LogP contribution in [0.25, 0.3) is 11.3 Å². The standard InChI is InChI=1S/C16H19F2N3O/c1-10(2)21-14-6-4-3-5-13(14)15(20-21)11-7-12(9-19-8-11)22-16(17)18/h7-10,16H,3-6H2,1-2H3. The number of ether oxygens (including phenoxy) is 1. The van der Waals surface area contributed by atoms with Gasteiger partial charge in [-0.15, -0.1) is 0 Å². The molecule has 0 radical (unpaired) electrons. The lowest BCUT2D eigenvalue weighted by Crippen LogP contribution is -2.11. The maximum atomic E-state index is 12.4. The number of alkyl halides is 2. The quantitative estimate of drug-likeness (QED) is 0.857. The predicted octanol–water partition coefficient (Wildman–Crippen LogP) is 4.01. The summed E-state index contributed by atoms with van der Waals surface area (Å²) in [5, 5.41) is 4.72. The molecular weight excluding hydrogens is 288 g/mol. The van der Waals surface area contributed by atoms with Gasteiger partial charge in [0.15, 0.2) is 0 Å². The van der Waals surface area contributed by atoms with Crippen LogP contribution < -0.4 is 4.74 Å². The third kappa shape index (κ3) is 2.82. The Morgan fingerprint density at radius 1 is 1.18 bits per heavy atom. The summed E-state index contributed by atoms with van der Waals surface area (Å²) in [6.45, 7) is 1.35. The van der Waals surface area contributed by atoms with Crippen LogP contribution in [0, 0.1) is 0 Å². The molecule has 0 N–H and O–H groups in total. The Bertz CT molecular complexity index is 667. The van der Waals surface area contributed by atoms with Crippen molar-refractivity contribution in [3.05, 3.63) is 29.7 Å². The third-order valence-electron chi connectivity index (χ3n) is 3.91. The molecule has 3 rings (SSSR count). The van der Waals surface area contributed by atoms with Crippen molar-refractivity contribution in [3.63, 3.8) is 0 Å². The Morgan fingerprint density at radius 3 is 2.68 bits per heavy atom. The van der Waals surface area contributed by atoms with E-state index in [0.29, 0.717) is 0 Å². The summed E-state index contributed by atoms with van der Waals surface area (Å²) in [6, 6.07) is 1.86. The molecule has 0 aromatic carbocycles. The Balaban J connectivity index is 2.04. The van der Waals surface area contributed by atoms with Gasteiger partial charge < -0.3 is 4.74 Å². The molecule has 4 nitrogen and oxygen atoms in total. The maximum absolute atomic E-state index is 12.4. The van der Waals surface area contributed by atoms with Crippen molar-refractivity contribution in [3.8, 4) is 17.0 Å². The first-order chi connectivity index (χ1) is 10.6. The summed E-state index contributed by atoms with van der Waals surface area (Å²) in [4.78, 5) is 4.01. The summed E-state index contributed by atoms with van der Waals surface area (Å²) in [6.07, 6.45) is 7.22. The molecule has 0 bridgehead atoms. The van der Waals surface area contributed by atoms with Crippen LogP contribution in [0.2, 0.25) is 0 Å². The van der Waals surface area contributed by atoms with E-state index >= 15 is 0 Å². The van der Waals surface area contributed by atoms with E-state index in [2.05, 4.69) is 23.6 Å². The van der Waals surface area contributed by atoms with Crippen LogP contribution in [-0.4, -0.2) is 21.4 Å². The van der Waals surface area contributed by atoms with Gasteiger partial charge in [0.05, 0.1) is 11.9 Å². The average Bonchev–Trinajstić information content (AvgIpc) is 2.86. The highest BCUT2D eigenvalue weighted by molar-refractivity contribution is 5.65. The highest BCUT2D eigenvalue weighted by atomic mass is 19.3. The molecule has 118 valence electrons. The Kier molecular flexibility index (Phi) is 4.09. The molecule has 2 heterocycles. The van der Waals surface area contributed by atoms with E-state index < -0.39 is 6.61 Å². The molecule has 0 fully saturated rings. The third-order valence-corrected chi connectivity index (χ3v) is 3.91. The lowest BCUT2D eigenvalue weighted by Gasteiger charge is -2.16. The average molecular weight is 307 g/mol. The van der Waals surface area contributed by atoms with Gasteiger partial charge in [-0.3, -0.25) is 9.67 Å². The smallest absolute Gasteiger partial charge is 0.387 e. The summed E-state index contributed by atoms with van der Waals surface area (Å²) < 4.78 is 31.2. The second kappa shape index (κ2) is 6.02. The fraction of sp³-hybridized carbons (Fsp3) is 0.500. The Labute approximate surface area is 128 Å². The molecule has 2 aromatic heterocycles. The van der Waals surface area contributed by atoms with Crippen LogP contribution in [0.15, 0.2) is 18.5 Å². The number of hydrogen-bond donors (Lipinski definition) is 0. The first-order valence-electron chi connectivity index (χ1n) is 7.56. The second-order valence-electron chi connectivity index (χ2n) is 5.81. The van der Waals surface area contributed by atoms with Gasteiger partial charge in [-0.25, -0.2) is 0 Å². The number of nitrogens with zero attached hydrogens (tertiary/aromatic N) is 3. The highest BCUT2D eigenvalue weighted by Crippen LogP contribution is 2.33. The maximum Gasteiger partial charge on any atom is 0.387 e. The molecule has 2 aromatic rings. The zero-order chi connectivity index (χ0) is 15.7. The van der Waals surface area contributed by atoms with Crippen LogP contribution in [-0.2, 0) is 12.8 Å². The minimum atomic E-state index is -2.85. The first-order valence-corrected chi connectivity index (χ1v) is 7.56. The number of aromatic nitrogens is 3. The van der Waals surface area contributed by atoms with Crippen LogP contribution >= 0.6 is 0 Å². The summed E-state index contributed by atoms with van der Waals surface area (Å²) in [7, 11) is 0. The molecule has 0 unspecified atom stereocenters. The highest BCUT2D eigenvalue weighted by Gasteiger charge is 2.23. The van der Waals surface area contributed by atoms with E-state index in [4.69, 9.17) is 5.10 Å². The minimum absolute atomic E-state index is 0.0659. The topological polar surface area (TPSA) is 39.9 Å². The van der Waals surface area contributed by atoms with Gasteiger partial charge in [0, 0.05) is 29.1 Å². The van der Waals surface area contributed by atoms with E-state index in [0.717, 1.165) is 36.9 Å².